The van der Waals surface area contributed by atoms with Gasteiger partial charge in [0.2, 0.25) is 0 Å². The Balaban J connectivity index is 1.64. The summed E-state index contributed by atoms with van der Waals surface area (Å²) in [6.07, 6.45) is 6.95. The third-order valence-corrected chi connectivity index (χ3v) is 5.61. The molecule has 4 heterocycles. The van der Waals surface area contributed by atoms with Crippen LogP contribution in [0.1, 0.15) is 31.4 Å². The molecular weight excluding hydrogens is 284 g/mol. The Hall–Kier alpha value is -1.24. The highest BCUT2D eigenvalue weighted by molar-refractivity contribution is 7.15. The van der Waals surface area contributed by atoms with Gasteiger partial charge in [-0.1, -0.05) is 12.8 Å². The van der Waals surface area contributed by atoms with Crippen LogP contribution in [0.25, 0.3) is 4.96 Å². The van der Waals surface area contributed by atoms with Gasteiger partial charge in [-0.25, -0.2) is 4.98 Å². The van der Waals surface area contributed by atoms with Gasteiger partial charge in [0.25, 0.3) is 5.56 Å². The van der Waals surface area contributed by atoms with Gasteiger partial charge in [-0.15, -0.1) is 11.3 Å². The van der Waals surface area contributed by atoms with E-state index in [1.165, 1.54) is 37.0 Å². The third kappa shape index (κ3) is 2.31. The number of nitrogens with zero attached hydrogens (tertiary/aromatic N) is 3. The maximum absolute atomic E-state index is 12.1. The monoisotopic (exact) mass is 304 g/mol. The second kappa shape index (κ2) is 5.19. The van der Waals surface area contributed by atoms with E-state index in [2.05, 4.69) is 15.2 Å². The molecule has 2 saturated heterocycles. The molecule has 0 atom stereocenters. The normalized spacial score (nSPS) is 22.3. The summed E-state index contributed by atoms with van der Waals surface area (Å²) in [6, 6.07) is 1.70. The maximum Gasteiger partial charge on any atom is 0.258 e. The third-order valence-electron chi connectivity index (χ3n) is 4.86. The molecule has 112 valence electrons. The first kappa shape index (κ1) is 13.4. The lowest BCUT2D eigenvalue weighted by Gasteiger charge is -2.50. The lowest BCUT2D eigenvalue weighted by Crippen LogP contribution is -2.68. The quantitative estimate of drug-likeness (QED) is 0.913. The molecule has 5 nitrogen and oxygen atoms in total. The number of hydrogen-bond donors (Lipinski definition) is 1. The first-order chi connectivity index (χ1) is 10.3. The highest BCUT2D eigenvalue weighted by Gasteiger charge is 2.42. The molecule has 2 aromatic rings. The van der Waals surface area contributed by atoms with E-state index in [0.29, 0.717) is 5.54 Å². The lowest BCUT2D eigenvalue weighted by molar-refractivity contribution is 0.0302. The van der Waals surface area contributed by atoms with Crippen LogP contribution in [0.3, 0.4) is 0 Å². The number of fused-ring (bicyclic) bond motifs is 1. The summed E-state index contributed by atoms with van der Waals surface area (Å²) in [5.74, 6) is 0. The SMILES string of the molecule is O=c1cc(CN2CCCCCC23CNC3)nc2sccn12. The number of rotatable bonds is 2. The van der Waals surface area contributed by atoms with E-state index in [0.717, 1.165) is 36.8 Å². The number of aromatic nitrogens is 2. The summed E-state index contributed by atoms with van der Waals surface area (Å²) in [6.45, 7) is 4.07. The average molecular weight is 304 g/mol. The zero-order valence-corrected chi connectivity index (χ0v) is 12.9. The van der Waals surface area contributed by atoms with Crippen molar-refractivity contribution < 1.29 is 0 Å². The smallest absolute Gasteiger partial charge is 0.258 e. The van der Waals surface area contributed by atoms with E-state index in [1.54, 1.807) is 16.7 Å². The van der Waals surface area contributed by atoms with Crippen LogP contribution >= 0.6 is 11.3 Å². The first-order valence-corrected chi connectivity index (χ1v) is 8.56. The van der Waals surface area contributed by atoms with Crippen LogP contribution < -0.4 is 10.9 Å². The number of likely N-dealkylation sites (tertiary alicyclic amines) is 1. The lowest BCUT2D eigenvalue weighted by atomic mass is 9.85. The zero-order chi connectivity index (χ0) is 14.3. The Morgan fingerprint density at radius 2 is 2.24 bits per heavy atom. The molecule has 2 aliphatic rings. The topological polar surface area (TPSA) is 49.6 Å². The predicted octanol–water partition coefficient (Wildman–Crippen LogP) is 1.47. The van der Waals surface area contributed by atoms with E-state index >= 15 is 0 Å². The van der Waals surface area contributed by atoms with Gasteiger partial charge in [0, 0.05) is 42.8 Å². The standard InChI is InChI=1S/C15H20N4OS/c20-13-8-12(17-14-19(13)6-7-21-14)9-18-5-3-1-2-4-15(18)10-16-11-15/h6-8,16H,1-5,9-11H2. The molecule has 6 heteroatoms. The number of nitrogens with one attached hydrogen (secondary N) is 1. The fraction of sp³-hybridized carbons (Fsp3) is 0.600. The Kier molecular flexibility index (Phi) is 3.32. The van der Waals surface area contributed by atoms with Gasteiger partial charge >= 0.3 is 0 Å². The van der Waals surface area contributed by atoms with Gasteiger partial charge in [0.05, 0.1) is 5.69 Å². The van der Waals surface area contributed by atoms with Crippen molar-refractivity contribution in [2.45, 2.75) is 37.8 Å². The van der Waals surface area contributed by atoms with E-state index in [9.17, 15) is 4.79 Å². The fourth-order valence-electron chi connectivity index (χ4n) is 3.55. The molecule has 1 N–H and O–H groups in total. The summed E-state index contributed by atoms with van der Waals surface area (Å²) < 4.78 is 1.62. The molecular formula is C15H20N4OS. The van der Waals surface area contributed by atoms with Crippen molar-refractivity contribution in [1.29, 1.82) is 0 Å². The van der Waals surface area contributed by atoms with Crippen LogP contribution in [0.15, 0.2) is 22.4 Å². The summed E-state index contributed by atoms with van der Waals surface area (Å²) in [7, 11) is 0. The van der Waals surface area contributed by atoms with E-state index in [4.69, 9.17) is 0 Å². The minimum atomic E-state index is 0.0341. The maximum atomic E-state index is 12.1. The summed E-state index contributed by atoms with van der Waals surface area (Å²) in [5.41, 5.74) is 1.25. The molecule has 0 aromatic carbocycles. The minimum absolute atomic E-state index is 0.0341. The molecule has 21 heavy (non-hydrogen) atoms. The molecule has 2 aliphatic heterocycles. The number of thiazole rings is 1. The van der Waals surface area contributed by atoms with Gasteiger partial charge < -0.3 is 5.32 Å². The van der Waals surface area contributed by atoms with Crippen LogP contribution in [0.2, 0.25) is 0 Å². The van der Waals surface area contributed by atoms with Crippen LogP contribution in [0.5, 0.6) is 0 Å². The molecule has 0 bridgehead atoms. The van der Waals surface area contributed by atoms with E-state index in [-0.39, 0.29) is 5.56 Å². The Labute approximate surface area is 127 Å². The van der Waals surface area contributed by atoms with Gasteiger partial charge in [-0.05, 0) is 19.4 Å². The second-order valence-corrected chi connectivity index (χ2v) is 7.07. The first-order valence-electron chi connectivity index (χ1n) is 7.68. The van der Waals surface area contributed by atoms with Crippen LogP contribution in [-0.4, -0.2) is 39.5 Å². The van der Waals surface area contributed by atoms with Crippen molar-refractivity contribution in [2.24, 2.45) is 0 Å². The van der Waals surface area contributed by atoms with Crippen LogP contribution in [0.4, 0.5) is 0 Å². The van der Waals surface area contributed by atoms with Crippen molar-refractivity contribution in [1.82, 2.24) is 19.6 Å². The van der Waals surface area contributed by atoms with Crippen LogP contribution in [-0.2, 0) is 6.54 Å². The molecule has 0 amide bonds. The molecule has 0 saturated carbocycles. The Bertz CT molecular complexity index is 703. The van der Waals surface area contributed by atoms with Crippen molar-refractivity contribution in [3.05, 3.63) is 33.7 Å². The zero-order valence-electron chi connectivity index (χ0n) is 12.0. The van der Waals surface area contributed by atoms with Gasteiger partial charge in [-0.2, -0.15) is 0 Å². The summed E-state index contributed by atoms with van der Waals surface area (Å²) in [5, 5.41) is 5.34. The highest BCUT2D eigenvalue weighted by Crippen LogP contribution is 2.31. The molecule has 2 aromatic heterocycles. The minimum Gasteiger partial charge on any atom is -0.313 e. The van der Waals surface area contributed by atoms with Crippen molar-refractivity contribution >= 4 is 16.3 Å². The molecule has 0 unspecified atom stereocenters. The average Bonchev–Trinajstić information content (AvgIpc) is 2.78. The van der Waals surface area contributed by atoms with E-state index in [1.807, 2.05) is 5.38 Å². The highest BCUT2D eigenvalue weighted by atomic mass is 32.1. The largest absolute Gasteiger partial charge is 0.313 e. The van der Waals surface area contributed by atoms with E-state index < -0.39 is 0 Å². The Morgan fingerprint density at radius 1 is 1.33 bits per heavy atom. The predicted molar refractivity (Wildman–Crippen MR) is 83.8 cm³/mol. The van der Waals surface area contributed by atoms with Gasteiger partial charge in [0.15, 0.2) is 4.96 Å². The van der Waals surface area contributed by atoms with Crippen molar-refractivity contribution in [2.75, 3.05) is 19.6 Å². The van der Waals surface area contributed by atoms with Crippen LogP contribution in [0, 0.1) is 0 Å². The van der Waals surface area contributed by atoms with Crippen molar-refractivity contribution in [3.63, 3.8) is 0 Å². The summed E-state index contributed by atoms with van der Waals surface area (Å²) in [4.78, 5) is 20.1. The second-order valence-electron chi connectivity index (χ2n) is 6.20. The molecule has 2 fully saturated rings. The van der Waals surface area contributed by atoms with Gasteiger partial charge in [0.1, 0.15) is 0 Å². The summed E-state index contributed by atoms with van der Waals surface area (Å²) >= 11 is 1.52. The molecule has 4 rings (SSSR count). The molecule has 0 aliphatic carbocycles. The fourth-order valence-corrected chi connectivity index (χ4v) is 4.29. The number of hydrogen-bond acceptors (Lipinski definition) is 5. The van der Waals surface area contributed by atoms with Gasteiger partial charge in [-0.3, -0.25) is 14.1 Å². The van der Waals surface area contributed by atoms with Crippen molar-refractivity contribution in [3.8, 4) is 0 Å². The molecule has 0 radical (unpaired) electrons. The molecule has 1 spiro atoms. The Morgan fingerprint density at radius 3 is 3.05 bits per heavy atom.